The Morgan fingerprint density at radius 1 is 1.57 bits per heavy atom. The maximum absolute atomic E-state index is 12.6. The monoisotopic (exact) mass is 313 g/mol. The number of aliphatic hydroxyl groups excluding tert-OH is 1. The van der Waals surface area contributed by atoms with Gasteiger partial charge >= 0.3 is 0 Å². The summed E-state index contributed by atoms with van der Waals surface area (Å²) in [4.78, 5) is 0.257. The van der Waals surface area contributed by atoms with Crippen molar-refractivity contribution in [2.45, 2.75) is 30.3 Å². The molecule has 1 heterocycles. The van der Waals surface area contributed by atoms with Gasteiger partial charge in [0.05, 0.1) is 6.61 Å². The van der Waals surface area contributed by atoms with E-state index in [2.05, 4.69) is 11.9 Å². The summed E-state index contributed by atoms with van der Waals surface area (Å²) in [6, 6.07) is 2.27. The number of sulfonamides is 1. The van der Waals surface area contributed by atoms with Crippen LogP contribution in [0.15, 0.2) is 29.8 Å². The molecule has 1 saturated carbocycles. The largest absolute Gasteiger partial charge is 0.395 e. The van der Waals surface area contributed by atoms with Gasteiger partial charge in [-0.1, -0.05) is 6.08 Å². The van der Waals surface area contributed by atoms with Gasteiger partial charge in [-0.05, 0) is 18.9 Å². The van der Waals surface area contributed by atoms with Crippen molar-refractivity contribution in [1.29, 1.82) is 0 Å². The van der Waals surface area contributed by atoms with E-state index < -0.39 is 10.0 Å². The molecule has 0 spiro atoms. The maximum Gasteiger partial charge on any atom is 0.244 e. The molecular formula is C14H23N3O3S. The van der Waals surface area contributed by atoms with E-state index in [1.165, 1.54) is 23.2 Å². The Balaban J connectivity index is 2.17. The lowest BCUT2D eigenvalue weighted by molar-refractivity contribution is 0.260. The molecule has 1 aliphatic carbocycles. The van der Waals surface area contributed by atoms with Gasteiger partial charge in [0.1, 0.15) is 4.90 Å². The molecule has 0 saturated heterocycles. The average molecular weight is 313 g/mol. The minimum absolute atomic E-state index is 0.0684. The molecule has 2 N–H and O–H groups in total. The van der Waals surface area contributed by atoms with Gasteiger partial charge in [-0.3, -0.25) is 0 Å². The van der Waals surface area contributed by atoms with Crippen molar-refractivity contribution in [3.05, 3.63) is 30.6 Å². The molecule has 1 aromatic heterocycles. The van der Waals surface area contributed by atoms with Gasteiger partial charge in [-0.15, -0.1) is 6.58 Å². The highest BCUT2D eigenvalue weighted by atomic mass is 32.2. The van der Waals surface area contributed by atoms with Crippen LogP contribution < -0.4 is 5.32 Å². The quantitative estimate of drug-likeness (QED) is 0.649. The second kappa shape index (κ2) is 6.74. The minimum Gasteiger partial charge on any atom is -0.395 e. The predicted molar refractivity (Wildman–Crippen MR) is 81.3 cm³/mol. The summed E-state index contributed by atoms with van der Waals surface area (Å²) in [6.45, 7) is 4.27. The fourth-order valence-corrected chi connectivity index (χ4v) is 3.64. The fraction of sp³-hybridized carbons (Fsp3) is 0.571. The Bertz CT molecular complexity index is 591. The van der Waals surface area contributed by atoms with Gasteiger partial charge in [0.2, 0.25) is 10.0 Å². The maximum atomic E-state index is 12.6. The summed E-state index contributed by atoms with van der Waals surface area (Å²) in [5.74, 6) is 0. The molecule has 0 aromatic carbocycles. The molecule has 2 rings (SSSR count). The van der Waals surface area contributed by atoms with Crippen molar-refractivity contribution in [2.75, 3.05) is 19.7 Å². The number of hydrogen-bond donors (Lipinski definition) is 2. The first-order valence-electron chi connectivity index (χ1n) is 7.09. The molecule has 21 heavy (non-hydrogen) atoms. The van der Waals surface area contributed by atoms with E-state index in [4.69, 9.17) is 5.11 Å². The molecule has 0 bridgehead atoms. The number of hydrogen-bond acceptors (Lipinski definition) is 4. The zero-order chi connectivity index (χ0) is 15.5. The number of nitrogens with one attached hydrogen (secondary N) is 1. The smallest absolute Gasteiger partial charge is 0.244 e. The third-order valence-corrected chi connectivity index (χ3v) is 5.38. The lowest BCUT2D eigenvalue weighted by Gasteiger charge is -2.18. The standard InChI is InChI=1S/C14H23N3O3S/c1-3-6-17(7-8-18)21(19,20)14-9-13(16(2)11-14)10-15-12-4-5-12/h3,9,11-12,15,18H,1,4-8,10H2,2H3. The normalized spacial score (nSPS) is 15.6. The van der Waals surface area contributed by atoms with Crippen molar-refractivity contribution >= 4 is 10.0 Å². The van der Waals surface area contributed by atoms with Crippen molar-refractivity contribution in [1.82, 2.24) is 14.2 Å². The molecule has 0 aliphatic heterocycles. The summed E-state index contributed by atoms with van der Waals surface area (Å²) in [7, 11) is -1.76. The Kier molecular flexibility index (Phi) is 5.21. The molecule has 7 heteroatoms. The Labute approximate surface area is 126 Å². The van der Waals surface area contributed by atoms with Crippen molar-refractivity contribution < 1.29 is 13.5 Å². The molecule has 118 valence electrons. The Hall–Kier alpha value is -1.15. The van der Waals surface area contributed by atoms with Crippen LogP contribution in [-0.2, 0) is 23.6 Å². The molecule has 0 unspecified atom stereocenters. The molecule has 0 radical (unpaired) electrons. The molecule has 1 fully saturated rings. The zero-order valence-corrected chi connectivity index (χ0v) is 13.1. The number of aliphatic hydroxyl groups is 1. The lowest BCUT2D eigenvalue weighted by atomic mass is 10.4. The topological polar surface area (TPSA) is 74.6 Å². The van der Waals surface area contributed by atoms with Crippen LogP contribution in [0.5, 0.6) is 0 Å². The first-order valence-corrected chi connectivity index (χ1v) is 8.53. The van der Waals surface area contributed by atoms with Gasteiger partial charge in [-0.2, -0.15) is 4.31 Å². The molecule has 0 atom stereocenters. The third-order valence-electron chi connectivity index (χ3n) is 3.55. The highest BCUT2D eigenvalue weighted by Gasteiger charge is 2.26. The Morgan fingerprint density at radius 2 is 2.29 bits per heavy atom. The van der Waals surface area contributed by atoms with Crippen LogP contribution in [0.25, 0.3) is 0 Å². The van der Waals surface area contributed by atoms with Gasteiger partial charge in [0.15, 0.2) is 0 Å². The number of rotatable bonds is 9. The van der Waals surface area contributed by atoms with Crippen LogP contribution in [0.4, 0.5) is 0 Å². The highest BCUT2D eigenvalue weighted by Crippen LogP contribution is 2.21. The van der Waals surface area contributed by atoms with E-state index in [0.717, 1.165) is 5.69 Å². The molecule has 1 aromatic rings. The zero-order valence-electron chi connectivity index (χ0n) is 12.3. The van der Waals surface area contributed by atoms with Crippen LogP contribution in [0.1, 0.15) is 18.5 Å². The SMILES string of the molecule is C=CCN(CCO)S(=O)(=O)c1cc(CNC2CC2)n(C)c1. The lowest BCUT2D eigenvalue weighted by Crippen LogP contribution is -2.33. The summed E-state index contributed by atoms with van der Waals surface area (Å²) in [5.41, 5.74) is 0.933. The first-order chi connectivity index (χ1) is 9.98. The van der Waals surface area contributed by atoms with Crippen LogP contribution in [0.2, 0.25) is 0 Å². The summed E-state index contributed by atoms with van der Waals surface area (Å²) in [6.07, 6.45) is 5.52. The van der Waals surface area contributed by atoms with Crippen LogP contribution in [-0.4, -0.2) is 48.1 Å². The number of nitrogens with zero attached hydrogens (tertiary/aromatic N) is 2. The van der Waals surface area contributed by atoms with E-state index in [1.807, 2.05) is 11.6 Å². The van der Waals surface area contributed by atoms with E-state index >= 15 is 0 Å². The van der Waals surface area contributed by atoms with E-state index in [9.17, 15) is 8.42 Å². The van der Waals surface area contributed by atoms with Crippen LogP contribution in [0, 0.1) is 0 Å². The molecular weight excluding hydrogens is 290 g/mol. The van der Waals surface area contributed by atoms with Gasteiger partial charge < -0.3 is 15.0 Å². The summed E-state index contributed by atoms with van der Waals surface area (Å²) >= 11 is 0. The first kappa shape index (κ1) is 16.2. The van der Waals surface area contributed by atoms with E-state index in [1.54, 1.807) is 12.3 Å². The number of aromatic nitrogens is 1. The van der Waals surface area contributed by atoms with E-state index in [0.29, 0.717) is 12.6 Å². The average Bonchev–Trinajstić information content (AvgIpc) is 3.19. The number of aryl methyl sites for hydroxylation is 1. The van der Waals surface area contributed by atoms with Gasteiger partial charge in [0.25, 0.3) is 0 Å². The van der Waals surface area contributed by atoms with Gasteiger partial charge in [-0.25, -0.2) is 8.42 Å². The molecule has 1 aliphatic rings. The second-order valence-electron chi connectivity index (χ2n) is 5.31. The molecule has 6 nitrogen and oxygen atoms in total. The van der Waals surface area contributed by atoms with Crippen molar-refractivity contribution in [2.24, 2.45) is 7.05 Å². The van der Waals surface area contributed by atoms with E-state index in [-0.39, 0.29) is 24.6 Å². The fourth-order valence-electron chi connectivity index (χ4n) is 2.14. The van der Waals surface area contributed by atoms with Crippen LogP contribution in [0.3, 0.4) is 0 Å². The Morgan fingerprint density at radius 3 is 2.86 bits per heavy atom. The second-order valence-corrected chi connectivity index (χ2v) is 7.25. The summed E-state index contributed by atoms with van der Waals surface area (Å²) < 4.78 is 28.2. The summed E-state index contributed by atoms with van der Waals surface area (Å²) in [5, 5.41) is 12.4. The minimum atomic E-state index is -3.60. The predicted octanol–water partition coefficient (Wildman–Crippen LogP) is 0.446. The van der Waals surface area contributed by atoms with Gasteiger partial charge in [0, 0.05) is 44.6 Å². The molecule has 0 amide bonds. The van der Waals surface area contributed by atoms with Crippen molar-refractivity contribution in [3.8, 4) is 0 Å². The van der Waals surface area contributed by atoms with Crippen LogP contribution >= 0.6 is 0 Å². The third kappa shape index (κ3) is 3.94. The van der Waals surface area contributed by atoms with Crippen molar-refractivity contribution in [3.63, 3.8) is 0 Å². The highest BCUT2D eigenvalue weighted by molar-refractivity contribution is 7.89.